The second-order valence-corrected chi connectivity index (χ2v) is 4.60. The highest BCUT2D eigenvalue weighted by Crippen LogP contribution is 2.23. The lowest BCUT2D eigenvalue weighted by Crippen LogP contribution is -2.30. The fourth-order valence-electron chi connectivity index (χ4n) is 1.92. The molecule has 2 nitrogen and oxygen atoms in total. The minimum absolute atomic E-state index is 0.0433. The first kappa shape index (κ1) is 13.9. The molecule has 100 valence electrons. The van der Waals surface area contributed by atoms with Crippen molar-refractivity contribution in [1.29, 1.82) is 0 Å². The van der Waals surface area contributed by atoms with Gasteiger partial charge in [-0.3, -0.25) is 11.3 Å². The largest absolute Gasteiger partial charge is 0.271 e. The molecule has 0 aromatic heterocycles. The van der Waals surface area contributed by atoms with Gasteiger partial charge in [0.25, 0.3) is 0 Å². The normalized spacial score (nSPS) is 12.4. The maximum absolute atomic E-state index is 13.7. The van der Waals surface area contributed by atoms with E-state index in [2.05, 4.69) is 5.43 Å². The summed E-state index contributed by atoms with van der Waals surface area (Å²) in [6.07, 6.45) is 0.414. The zero-order valence-corrected chi connectivity index (χ0v) is 10.8. The fourth-order valence-corrected chi connectivity index (χ4v) is 2.12. The highest BCUT2D eigenvalue weighted by molar-refractivity contribution is 6.30. The van der Waals surface area contributed by atoms with Gasteiger partial charge >= 0.3 is 0 Å². The number of hydrazine groups is 1. The zero-order chi connectivity index (χ0) is 13.8. The zero-order valence-electron chi connectivity index (χ0n) is 10.0. The van der Waals surface area contributed by atoms with E-state index in [-0.39, 0.29) is 10.8 Å². The molecule has 0 heterocycles. The van der Waals surface area contributed by atoms with Crippen LogP contribution in [-0.2, 0) is 6.42 Å². The molecule has 2 aromatic rings. The number of nitrogens with two attached hydrogens (primary N) is 1. The summed E-state index contributed by atoms with van der Waals surface area (Å²) in [6.45, 7) is 0. The molecule has 0 bridgehead atoms. The smallest absolute Gasteiger partial charge is 0.141 e. The molecule has 0 amide bonds. The molecule has 0 fully saturated rings. The summed E-state index contributed by atoms with van der Waals surface area (Å²) in [5.41, 5.74) is 3.80. The lowest BCUT2D eigenvalue weighted by molar-refractivity contribution is 0.510. The standard InChI is InChI=1S/C14H13ClF2N2/c15-11-7-9(5-6-13(11)17)8-14(19-18)10-3-1-2-4-12(10)16/h1-7,14,19H,8,18H2. The van der Waals surface area contributed by atoms with Crippen LogP contribution in [0.3, 0.4) is 0 Å². The maximum Gasteiger partial charge on any atom is 0.141 e. The Bertz CT molecular complexity index is 575. The van der Waals surface area contributed by atoms with Crippen LogP contribution in [0.1, 0.15) is 17.2 Å². The molecule has 1 unspecified atom stereocenters. The summed E-state index contributed by atoms with van der Waals surface area (Å²) in [5.74, 6) is 4.65. The van der Waals surface area contributed by atoms with Crippen LogP contribution in [0.5, 0.6) is 0 Å². The van der Waals surface area contributed by atoms with Crippen molar-refractivity contribution in [2.24, 2.45) is 5.84 Å². The number of hydrogen-bond acceptors (Lipinski definition) is 2. The monoisotopic (exact) mass is 282 g/mol. The predicted molar refractivity (Wildman–Crippen MR) is 71.6 cm³/mol. The van der Waals surface area contributed by atoms with Crippen LogP contribution < -0.4 is 11.3 Å². The van der Waals surface area contributed by atoms with Crippen LogP contribution in [0.2, 0.25) is 5.02 Å². The Labute approximate surface area is 115 Å². The average Bonchev–Trinajstić information content (AvgIpc) is 2.41. The number of benzene rings is 2. The van der Waals surface area contributed by atoms with E-state index in [4.69, 9.17) is 17.4 Å². The Morgan fingerprint density at radius 2 is 1.84 bits per heavy atom. The van der Waals surface area contributed by atoms with E-state index in [0.717, 1.165) is 5.56 Å². The predicted octanol–water partition coefficient (Wildman–Crippen LogP) is 3.37. The molecule has 0 saturated heterocycles. The molecular formula is C14H13ClF2N2. The van der Waals surface area contributed by atoms with Crippen molar-refractivity contribution in [1.82, 2.24) is 5.43 Å². The van der Waals surface area contributed by atoms with E-state index in [1.165, 1.54) is 18.2 Å². The van der Waals surface area contributed by atoms with Crippen molar-refractivity contribution in [2.45, 2.75) is 12.5 Å². The van der Waals surface area contributed by atoms with Crippen LogP contribution in [0.15, 0.2) is 42.5 Å². The summed E-state index contributed by atoms with van der Waals surface area (Å²) in [6, 6.07) is 10.4. The third-order valence-electron chi connectivity index (χ3n) is 2.91. The average molecular weight is 283 g/mol. The Hall–Kier alpha value is -1.49. The van der Waals surface area contributed by atoms with Gasteiger partial charge in [0.1, 0.15) is 11.6 Å². The molecule has 5 heteroatoms. The molecule has 0 aliphatic heterocycles. The van der Waals surface area contributed by atoms with Gasteiger partial charge in [-0.15, -0.1) is 0 Å². The molecule has 19 heavy (non-hydrogen) atoms. The van der Waals surface area contributed by atoms with Gasteiger partial charge in [0, 0.05) is 5.56 Å². The lowest BCUT2D eigenvalue weighted by atomic mass is 9.99. The van der Waals surface area contributed by atoms with Gasteiger partial charge in [-0.2, -0.15) is 0 Å². The van der Waals surface area contributed by atoms with Gasteiger partial charge in [0.15, 0.2) is 0 Å². The van der Waals surface area contributed by atoms with Crippen molar-refractivity contribution in [2.75, 3.05) is 0 Å². The number of halogens is 3. The fraction of sp³-hybridized carbons (Fsp3) is 0.143. The van der Waals surface area contributed by atoms with Crippen LogP contribution in [0.25, 0.3) is 0 Å². The molecule has 0 spiro atoms. The molecule has 1 atom stereocenters. The Balaban J connectivity index is 2.24. The van der Waals surface area contributed by atoms with Crippen molar-refractivity contribution >= 4 is 11.6 Å². The van der Waals surface area contributed by atoms with Crippen LogP contribution in [0.4, 0.5) is 8.78 Å². The first-order valence-electron chi connectivity index (χ1n) is 5.76. The molecule has 2 aromatic carbocycles. The van der Waals surface area contributed by atoms with E-state index < -0.39 is 11.9 Å². The van der Waals surface area contributed by atoms with Crippen molar-refractivity contribution in [3.05, 3.63) is 70.2 Å². The molecule has 0 radical (unpaired) electrons. The number of hydrogen-bond donors (Lipinski definition) is 2. The quantitative estimate of drug-likeness (QED) is 0.666. The molecule has 3 N–H and O–H groups in total. The van der Waals surface area contributed by atoms with Gasteiger partial charge in [0.2, 0.25) is 0 Å². The van der Waals surface area contributed by atoms with E-state index in [9.17, 15) is 8.78 Å². The van der Waals surface area contributed by atoms with Crippen LogP contribution in [-0.4, -0.2) is 0 Å². The molecule has 2 rings (SSSR count). The van der Waals surface area contributed by atoms with E-state index >= 15 is 0 Å². The number of rotatable bonds is 4. The topological polar surface area (TPSA) is 38.0 Å². The Morgan fingerprint density at radius 3 is 2.47 bits per heavy atom. The lowest BCUT2D eigenvalue weighted by Gasteiger charge is -2.17. The third-order valence-corrected chi connectivity index (χ3v) is 3.20. The molecule has 0 aliphatic rings. The van der Waals surface area contributed by atoms with Gasteiger partial charge in [0.05, 0.1) is 11.1 Å². The number of nitrogens with one attached hydrogen (secondary N) is 1. The first-order chi connectivity index (χ1) is 9.11. The second kappa shape index (κ2) is 6.10. The SMILES string of the molecule is NNC(Cc1ccc(F)c(Cl)c1)c1ccccc1F. The third kappa shape index (κ3) is 3.29. The molecule has 0 saturated carbocycles. The summed E-state index contributed by atoms with van der Waals surface area (Å²) in [7, 11) is 0. The van der Waals surface area contributed by atoms with Gasteiger partial charge in [-0.05, 0) is 30.2 Å². The summed E-state index contributed by atoms with van der Waals surface area (Å²) in [5, 5.41) is 0.0433. The van der Waals surface area contributed by atoms with Crippen LogP contribution in [0, 0.1) is 11.6 Å². The summed E-state index contributed by atoms with van der Waals surface area (Å²) < 4.78 is 26.8. The highest BCUT2D eigenvalue weighted by Gasteiger charge is 2.15. The van der Waals surface area contributed by atoms with E-state index in [0.29, 0.717) is 12.0 Å². The summed E-state index contributed by atoms with van der Waals surface area (Å²) >= 11 is 5.72. The molecular weight excluding hydrogens is 270 g/mol. The Morgan fingerprint density at radius 1 is 1.11 bits per heavy atom. The minimum atomic E-state index is -0.478. The van der Waals surface area contributed by atoms with Gasteiger partial charge in [-0.1, -0.05) is 35.9 Å². The summed E-state index contributed by atoms with van der Waals surface area (Å²) in [4.78, 5) is 0. The maximum atomic E-state index is 13.7. The van der Waals surface area contributed by atoms with Crippen molar-refractivity contribution < 1.29 is 8.78 Å². The van der Waals surface area contributed by atoms with E-state index in [1.54, 1.807) is 24.3 Å². The van der Waals surface area contributed by atoms with E-state index in [1.807, 2.05) is 0 Å². The van der Waals surface area contributed by atoms with Crippen molar-refractivity contribution in [3.8, 4) is 0 Å². The Kier molecular flexibility index (Phi) is 4.47. The molecule has 0 aliphatic carbocycles. The second-order valence-electron chi connectivity index (χ2n) is 4.19. The van der Waals surface area contributed by atoms with Crippen LogP contribution >= 0.6 is 11.6 Å². The van der Waals surface area contributed by atoms with Crippen molar-refractivity contribution in [3.63, 3.8) is 0 Å². The highest BCUT2D eigenvalue weighted by atomic mass is 35.5. The van der Waals surface area contributed by atoms with Gasteiger partial charge in [-0.25, -0.2) is 8.78 Å². The first-order valence-corrected chi connectivity index (χ1v) is 6.14. The van der Waals surface area contributed by atoms with Gasteiger partial charge < -0.3 is 0 Å². The minimum Gasteiger partial charge on any atom is -0.271 e.